The van der Waals surface area contributed by atoms with E-state index in [0.717, 1.165) is 18.4 Å². The van der Waals surface area contributed by atoms with Gasteiger partial charge in [-0.25, -0.2) is 4.39 Å². The second-order valence-corrected chi connectivity index (χ2v) is 7.10. The molecule has 0 bridgehead atoms. The summed E-state index contributed by atoms with van der Waals surface area (Å²) < 4.78 is 15.0. The molecule has 1 aliphatic rings. The minimum Gasteiger partial charge on any atom is -0.310 e. The number of amides is 1. The maximum absolute atomic E-state index is 13.2. The van der Waals surface area contributed by atoms with E-state index in [4.69, 9.17) is 0 Å². The summed E-state index contributed by atoms with van der Waals surface area (Å²) in [7, 11) is 0. The number of thioether (sulfide) groups is 1. The van der Waals surface area contributed by atoms with E-state index in [0.29, 0.717) is 11.4 Å². The lowest BCUT2D eigenvalue weighted by Crippen LogP contribution is -2.18. The van der Waals surface area contributed by atoms with Crippen LogP contribution in [-0.2, 0) is 4.79 Å². The highest BCUT2D eigenvalue weighted by atomic mass is 32.2. The topological polar surface area (TPSA) is 66.9 Å². The molecule has 0 spiro atoms. The zero-order chi connectivity index (χ0) is 17.3. The summed E-state index contributed by atoms with van der Waals surface area (Å²) in [6, 6.07) is 6.16. The number of anilines is 1. The molecule has 2 atom stereocenters. The van der Waals surface area contributed by atoms with Crippen molar-refractivity contribution in [1.82, 2.24) is 9.78 Å². The highest BCUT2D eigenvalue weighted by Gasteiger charge is 2.31. The lowest BCUT2D eigenvalue weighted by Gasteiger charge is -2.17. The molecule has 0 fully saturated rings. The van der Waals surface area contributed by atoms with Crippen LogP contribution >= 0.6 is 11.8 Å². The molecule has 2 N–H and O–H groups in total. The molecular formula is C17H20FN3O2S. The molecule has 1 aliphatic heterocycles. The number of aromatic amines is 1. The number of aromatic nitrogens is 2. The SMILES string of the molecule is CCC[C@H](C)n1[nH]c(=O)c2c1NC(=O)CS[C@@H]2c1ccc(F)cc1. The van der Waals surface area contributed by atoms with Crippen molar-refractivity contribution < 1.29 is 9.18 Å². The molecular weight excluding hydrogens is 329 g/mol. The van der Waals surface area contributed by atoms with Crippen molar-refractivity contribution >= 4 is 23.5 Å². The molecule has 1 aromatic carbocycles. The predicted molar refractivity (Wildman–Crippen MR) is 94.0 cm³/mol. The van der Waals surface area contributed by atoms with Gasteiger partial charge in [0, 0.05) is 6.04 Å². The Morgan fingerprint density at radius 2 is 2.04 bits per heavy atom. The second kappa shape index (κ2) is 6.84. The van der Waals surface area contributed by atoms with E-state index < -0.39 is 0 Å². The Morgan fingerprint density at radius 3 is 2.71 bits per heavy atom. The van der Waals surface area contributed by atoms with E-state index in [2.05, 4.69) is 17.3 Å². The van der Waals surface area contributed by atoms with Crippen LogP contribution in [0.4, 0.5) is 10.2 Å². The molecule has 3 rings (SSSR count). The van der Waals surface area contributed by atoms with Crippen molar-refractivity contribution in [3.8, 4) is 0 Å². The first-order valence-corrected chi connectivity index (χ1v) is 9.07. The molecule has 128 valence electrons. The number of hydrogen-bond acceptors (Lipinski definition) is 3. The average Bonchev–Trinajstić information content (AvgIpc) is 2.75. The van der Waals surface area contributed by atoms with Crippen LogP contribution in [0.2, 0.25) is 0 Å². The summed E-state index contributed by atoms with van der Waals surface area (Å²) in [4.78, 5) is 24.7. The molecule has 0 unspecified atom stereocenters. The fraction of sp³-hybridized carbons (Fsp3) is 0.412. The fourth-order valence-corrected chi connectivity index (χ4v) is 4.15. The Balaban J connectivity index is 2.11. The maximum atomic E-state index is 13.2. The molecule has 2 aromatic rings. The van der Waals surface area contributed by atoms with E-state index in [-0.39, 0.29) is 34.3 Å². The van der Waals surface area contributed by atoms with Crippen LogP contribution < -0.4 is 10.9 Å². The van der Waals surface area contributed by atoms with Crippen LogP contribution in [0.25, 0.3) is 0 Å². The highest BCUT2D eigenvalue weighted by Crippen LogP contribution is 2.40. The van der Waals surface area contributed by atoms with Gasteiger partial charge in [-0.15, -0.1) is 11.8 Å². The Bertz CT molecular complexity index is 797. The van der Waals surface area contributed by atoms with Crippen LogP contribution in [0.5, 0.6) is 0 Å². The van der Waals surface area contributed by atoms with Crippen molar-refractivity contribution in [2.75, 3.05) is 11.1 Å². The van der Waals surface area contributed by atoms with Gasteiger partial charge in [-0.05, 0) is 31.0 Å². The third-order valence-electron chi connectivity index (χ3n) is 4.18. The standard InChI is InChI=1S/C17H20FN3O2S/c1-3-4-10(2)21-16-14(17(23)20-21)15(24-9-13(22)19-16)11-5-7-12(18)8-6-11/h5-8,10,15H,3-4,9H2,1-2H3,(H,19,22)(H,20,23)/t10-,15+/m0/s1. The van der Waals surface area contributed by atoms with Gasteiger partial charge in [-0.3, -0.25) is 19.4 Å². The zero-order valence-corrected chi connectivity index (χ0v) is 14.5. The Kier molecular flexibility index (Phi) is 4.80. The predicted octanol–water partition coefficient (Wildman–Crippen LogP) is 3.45. The minimum absolute atomic E-state index is 0.0729. The summed E-state index contributed by atoms with van der Waals surface area (Å²) in [5.41, 5.74) is 1.13. The Hall–Kier alpha value is -2.02. The molecule has 0 aliphatic carbocycles. The summed E-state index contributed by atoms with van der Waals surface area (Å²) >= 11 is 1.38. The number of halogens is 1. The van der Waals surface area contributed by atoms with Crippen LogP contribution in [0.15, 0.2) is 29.1 Å². The van der Waals surface area contributed by atoms with Gasteiger partial charge in [0.05, 0.1) is 16.6 Å². The van der Waals surface area contributed by atoms with Gasteiger partial charge in [0.1, 0.15) is 11.6 Å². The first-order valence-electron chi connectivity index (χ1n) is 8.02. The number of benzene rings is 1. The number of fused-ring (bicyclic) bond motifs is 1. The highest BCUT2D eigenvalue weighted by molar-refractivity contribution is 8.00. The van der Waals surface area contributed by atoms with E-state index in [1.165, 1.54) is 23.9 Å². The number of carbonyl (C=O) groups is 1. The third-order valence-corrected chi connectivity index (χ3v) is 5.45. The van der Waals surface area contributed by atoms with Crippen LogP contribution in [0.3, 0.4) is 0 Å². The van der Waals surface area contributed by atoms with Crippen molar-refractivity contribution in [3.63, 3.8) is 0 Å². The van der Waals surface area contributed by atoms with E-state index in [1.54, 1.807) is 16.8 Å². The fourth-order valence-electron chi connectivity index (χ4n) is 3.02. The van der Waals surface area contributed by atoms with E-state index in [1.807, 2.05) is 6.92 Å². The minimum atomic E-state index is -0.324. The van der Waals surface area contributed by atoms with E-state index >= 15 is 0 Å². The van der Waals surface area contributed by atoms with Crippen molar-refractivity contribution in [3.05, 3.63) is 51.6 Å². The van der Waals surface area contributed by atoms with Gasteiger partial charge >= 0.3 is 0 Å². The van der Waals surface area contributed by atoms with E-state index in [9.17, 15) is 14.0 Å². The summed E-state index contributed by atoms with van der Waals surface area (Å²) in [6.07, 6.45) is 1.86. The van der Waals surface area contributed by atoms with Gasteiger partial charge in [0.25, 0.3) is 5.56 Å². The van der Waals surface area contributed by atoms with Crippen LogP contribution in [0.1, 0.15) is 49.1 Å². The molecule has 1 aromatic heterocycles. The summed E-state index contributed by atoms with van der Waals surface area (Å²) in [5.74, 6) is 0.320. The third kappa shape index (κ3) is 3.13. The van der Waals surface area contributed by atoms with Gasteiger partial charge in [-0.1, -0.05) is 25.5 Å². The number of H-pyrrole nitrogens is 1. The molecule has 1 amide bonds. The van der Waals surface area contributed by atoms with Crippen molar-refractivity contribution in [1.29, 1.82) is 0 Å². The average molecular weight is 349 g/mol. The van der Waals surface area contributed by atoms with Gasteiger partial charge in [0.2, 0.25) is 5.91 Å². The smallest absolute Gasteiger partial charge is 0.270 e. The number of hydrogen-bond donors (Lipinski definition) is 2. The lowest BCUT2D eigenvalue weighted by molar-refractivity contribution is -0.113. The zero-order valence-electron chi connectivity index (χ0n) is 13.6. The first-order chi connectivity index (χ1) is 11.5. The Morgan fingerprint density at radius 1 is 1.33 bits per heavy atom. The molecule has 24 heavy (non-hydrogen) atoms. The molecule has 0 saturated heterocycles. The maximum Gasteiger partial charge on any atom is 0.270 e. The van der Waals surface area contributed by atoms with Gasteiger partial charge in [-0.2, -0.15) is 0 Å². The molecule has 7 heteroatoms. The lowest BCUT2D eigenvalue weighted by atomic mass is 10.1. The molecule has 5 nitrogen and oxygen atoms in total. The largest absolute Gasteiger partial charge is 0.310 e. The molecule has 0 saturated carbocycles. The number of rotatable bonds is 4. The number of nitrogens with zero attached hydrogens (tertiary/aromatic N) is 1. The summed E-state index contributed by atoms with van der Waals surface area (Å²) in [6.45, 7) is 4.09. The second-order valence-electron chi connectivity index (χ2n) is 6.00. The number of nitrogens with one attached hydrogen (secondary N) is 2. The van der Waals surface area contributed by atoms with Gasteiger partial charge in [0.15, 0.2) is 0 Å². The van der Waals surface area contributed by atoms with Crippen molar-refractivity contribution in [2.24, 2.45) is 0 Å². The monoisotopic (exact) mass is 349 g/mol. The quantitative estimate of drug-likeness (QED) is 0.888. The number of carbonyl (C=O) groups excluding carboxylic acids is 1. The van der Waals surface area contributed by atoms with Crippen LogP contribution in [-0.4, -0.2) is 21.4 Å². The van der Waals surface area contributed by atoms with Crippen LogP contribution in [0, 0.1) is 5.82 Å². The first kappa shape index (κ1) is 16.8. The van der Waals surface area contributed by atoms with Gasteiger partial charge < -0.3 is 5.32 Å². The molecule has 2 heterocycles. The summed E-state index contributed by atoms with van der Waals surface area (Å²) in [5, 5.41) is 5.41. The van der Waals surface area contributed by atoms with Crippen molar-refractivity contribution in [2.45, 2.75) is 38.0 Å². The molecule has 0 radical (unpaired) electrons. The normalized spacial score (nSPS) is 18.6. The Labute approximate surface area is 143 Å².